The van der Waals surface area contributed by atoms with Gasteiger partial charge in [-0.2, -0.15) is 0 Å². The molecule has 3 rings (SSSR count). The van der Waals surface area contributed by atoms with Gasteiger partial charge in [-0.15, -0.1) is 0 Å². The Labute approximate surface area is 180 Å². The number of quaternary nitrogens is 2. The average molecular weight is 415 g/mol. The van der Waals surface area contributed by atoms with Crippen LogP contribution in [-0.4, -0.2) is 51.0 Å². The minimum Gasteiger partial charge on any atom is -0.494 e. The first kappa shape index (κ1) is 21.6. The van der Waals surface area contributed by atoms with Gasteiger partial charge < -0.3 is 25.2 Å². The van der Waals surface area contributed by atoms with Crippen LogP contribution in [0.2, 0.25) is 0 Å². The molecule has 1 aliphatic rings. The number of piperazine rings is 1. The van der Waals surface area contributed by atoms with Gasteiger partial charge in [0, 0.05) is 11.3 Å². The summed E-state index contributed by atoms with van der Waals surface area (Å²) >= 11 is 5.62. The van der Waals surface area contributed by atoms with Crippen LogP contribution < -0.4 is 25.2 Å². The van der Waals surface area contributed by atoms with Crippen molar-refractivity contribution in [3.8, 4) is 5.75 Å². The van der Waals surface area contributed by atoms with Gasteiger partial charge in [0.1, 0.15) is 38.0 Å². The molecule has 0 radical (unpaired) electrons. The second-order valence-electron chi connectivity index (χ2n) is 7.85. The van der Waals surface area contributed by atoms with Gasteiger partial charge in [-0.1, -0.05) is 30.3 Å². The molecular formula is C23H34N4OS+2. The number of hydrogen-bond donors (Lipinski definition) is 4. The maximum absolute atomic E-state index is 5.62. The largest absolute Gasteiger partial charge is 0.494 e. The van der Waals surface area contributed by atoms with Gasteiger partial charge in [0.15, 0.2) is 5.11 Å². The molecule has 1 heterocycles. The SMILES string of the molecule is CCOc1ccc(NC(=S)N[C@H](C)[C@H](c2ccccc2)[NH+]2CC[NH+](C)CC2)cc1. The standard InChI is InChI=1S/C23H32N4OS/c1-4-28-21-12-10-20(11-13-21)25-23(29)24-18(2)22(19-8-6-5-7-9-19)27-16-14-26(3)15-17-27/h5-13,18,22H,4,14-17H2,1-3H3,(H2,24,25,29)/p+2/t18-,22-/m1/s1. The van der Waals surface area contributed by atoms with E-state index in [0.29, 0.717) is 17.8 Å². The zero-order valence-corrected chi connectivity index (χ0v) is 18.5. The summed E-state index contributed by atoms with van der Waals surface area (Å²) in [6, 6.07) is 19.3. The molecule has 29 heavy (non-hydrogen) atoms. The van der Waals surface area contributed by atoms with Crippen LogP contribution >= 0.6 is 12.2 Å². The monoisotopic (exact) mass is 414 g/mol. The molecule has 1 aliphatic heterocycles. The Morgan fingerprint density at radius 1 is 1.03 bits per heavy atom. The van der Waals surface area contributed by atoms with Crippen LogP contribution in [0.3, 0.4) is 0 Å². The molecular weight excluding hydrogens is 380 g/mol. The number of ether oxygens (including phenoxy) is 1. The van der Waals surface area contributed by atoms with Crippen LogP contribution in [0.25, 0.3) is 0 Å². The van der Waals surface area contributed by atoms with Crippen molar-refractivity contribution in [3.63, 3.8) is 0 Å². The molecule has 1 saturated heterocycles. The molecule has 6 heteroatoms. The fraction of sp³-hybridized carbons (Fsp3) is 0.435. The van der Waals surface area contributed by atoms with Crippen molar-refractivity contribution < 1.29 is 14.5 Å². The molecule has 0 aromatic heterocycles. The predicted molar refractivity (Wildman–Crippen MR) is 123 cm³/mol. The molecule has 5 nitrogen and oxygen atoms in total. The van der Waals surface area contributed by atoms with E-state index in [1.54, 1.807) is 9.80 Å². The second kappa shape index (κ2) is 10.6. The van der Waals surface area contributed by atoms with Gasteiger partial charge in [0.2, 0.25) is 0 Å². The highest BCUT2D eigenvalue weighted by molar-refractivity contribution is 7.80. The van der Waals surface area contributed by atoms with Gasteiger partial charge >= 0.3 is 0 Å². The van der Waals surface area contributed by atoms with E-state index in [1.807, 2.05) is 31.2 Å². The molecule has 4 N–H and O–H groups in total. The summed E-state index contributed by atoms with van der Waals surface area (Å²) in [5.41, 5.74) is 2.33. The lowest BCUT2D eigenvalue weighted by Gasteiger charge is -2.37. The lowest BCUT2D eigenvalue weighted by molar-refractivity contribution is -1.02. The van der Waals surface area contributed by atoms with Gasteiger partial charge in [-0.3, -0.25) is 0 Å². The lowest BCUT2D eigenvalue weighted by Crippen LogP contribution is -3.27. The van der Waals surface area contributed by atoms with E-state index >= 15 is 0 Å². The Morgan fingerprint density at radius 3 is 2.31 bits per heavy atom. The van der Waals surface area contributed by atoms with E-state index in [2.05, 4.69) is 54.9 Å². The van der Waals surface area contributed by atoms with E-state index in [-0.39, 0.29) is 6.04 Å². The van der Waals surface area contributed by atoms with Gasteiger partial charge in [0.25, 0.3) is 0 Å². The third-order valence-corrected chi connectivity index (χ3v) is 5.85. The van der Waals surface area contributed by atoms with Crippen molar-refractivity contribution in [2.75, 3.05) is 45.2 Å². The molecule has 0 unspecified atom stereocenters. The second-order valence-corrected chi connectivity index (χ2v) is 8.26. The molecule has 0 bridgehead atoms. The molecule has 2 aromatic carbocycles. The van der Waals surface area contributed by atoms with E-state index in [0.717, 1.165) is 11.4 Å². The molecule has 0 amide bonds. The Morgan fingerprint density at radius 2 is 1.69 bits per heavy atom. The molecule has 1 fully saturated rings. The van der Waals surface area contributed by atoms with Crippen LogP contribution in [0.1, 0.15) is 25.5 Å². The third-order valence-electron chi connectivity index (χ3n) is 5.63. The molecule has 0 spiro atoms. The Balaban J connectivity index is 1.65. The Bertz CT molecular complexity index is 760. The molecule has 0 saturated carbocycles. The summed E-state index contributed by atoms with van der Waals surface area (Å²) in [7, 11) is 2.28. The normalized spacial score (nSPS) is 21.1. The number of nitrogens with one attached hydrogen (secondary N) is 4. The number of rotatable bonds is 7. The van der Waals surface area contributed by atoms with Gasteiger partial charge in [-0.25, -0.2) is 0 Å². The van der Waals surface area contributed by atoms with Crippen molar-refractivity contribution in [3.05, 3.63) is 60.2 Å². The number of hydrogen-bond acceptors (Lipinski definition) is 2. The number of thiocarbonyl (C=S) groups is 1. The highest BCUT2D eigenvalue weighted by Gasteiger charge is 2.33. The highest BCUT2D eigenvalue weighted by atomic mass is 32.1. The summed E-state index contributed by atoms with van der Waals surface area (Å²) in [5.74, 6) is 0.871. The van der Waals surface area contributed by atoms with Crippen molar-refractivity contribution >= 4 is 23.0 Å². The van der Waals surface area contributed by atoms with Crippen LogP contribution in [0.4, 0.5) is 5.69 Å². The van der Waals surface area contributed by atoms with Crippen LogP contribution in [0.5, 0.6) is 5.75 Å². The van der Waals surface area contributed by atoms with E-state index in [4.69, 9.17) is 17.0 Å². The number of likely N-dealkylation sites (N-methyl/N-ethyl adjacent to an activating group) is 1. The number of anilines is 1. The van der Waals surface area contributed by atoms with E-state index in [1.165, 1.54) is 31.7 Å². The fourth-order valence-corrected chi connectivity index (χ4v) is 4.41. The van der Waals surface area contributed by atoms with Crippen LogP contribution in [-0.2, 0) is 0 Å². The Hall–Kier alpha value is -2.15. The maximum atomic E-state index is 5.62. The lowest BCUT2D eigenvalue weighted by atomic mass is 9.98. The van der Waals surface area contributed by atoms with E-state index < -0.39 is 0 Å². The molecule has 2 aromatic rings. The van der Waals surface area contributed by atoms with Crippen molar-refractivity contribution in [1.82, 2.24) is 5.32 Å². The van der Waals surface area contributed by atoms with Crippen molar-refractivity contribution in [2.45, 2.75) is 25.9 Å². The number of benzene rings is 2. The van der Waals surface area contributed by atoms with Gasteiger partial charge in [0.05, 0.1) is 19.7 Å². The quantitative estimate of drug-likeness (QED) is 0.509. The molecule has 2 atom stereocenters. The first-order chi connectivity index (χ1) is 14.1. The summed E-state index contributed by atoms with van der Waals surface area (Å²) in [4.78, 5) is 3.25. The topological polar surface area (TPSA) is 42.2 Å². The summed E-state index contributed by atoms with van der Waals surface area (Å²) < 4.78 is 5.50. The highest BCUT2D eigenvalue weighted by Crippen LogP contribution is 2.17. The molecule has 156 valence electrons. The zero-order valence-electron chi connectivity index (χ0n) is 17.7. The van der Waals surface area contributed by atoms with Crippen molar-refractivity contribution in [1.29, 1.82) is 0 Å². The third kappa shape index (κ3) is 6.16. The first-order valence-corrected chi connectivity index (χ1v) is 11.0. The first-order valence-electron chi connectivity index (χ1n) is 10.6. The zero-order chi connectivity index (χ0) is 20.6. The van der Waals surface area contributed by atoms with E-state index in [9.17, 15) is 0 Å². The van der Waals surface area contributed by atoms with Crippen molar-refractivity contribution in [2.24, 2.45) is 0 Å². The molecule has 0 aliphatic carbocycles. The maximum Gasteiger partial charge on any atom is 0.171 e. The average Bonchev–Trinajstić information content (AvgIpc) is 2.72. The van der Waals surface area contributed by atoms with Crippen LogP contribution in [0.15, 0.2) is 54.6 Å². The summed E-state index contributed by atoms with van der Waals surface area (Å²) in [6.07, 6.45) is 0. The predicted octanol–water partition coefficient (Wildman–Crippen LogP) is 0.915. The summed E-state index contributed by atoms with van der Waals surface area (Å²) in [5, 5.41) is 7.50. The smallest absolute Gasteiger partial charge is 0.171 e. The van der Waals surface area contributed by atoms with Crippen LogP contribution in [0, 0.1) is 0 Å². The minimum absolute atomic E-state index is 0.216. The minimum atomic E-state index is 0.216. The summed E-state index contributed by atoms with van der Waals surface area (Å²) in [6.45, 7) is 9.66. The van der Waals surface area contributed by atoms with Gasteiger partial charge in [-0.05, 0) is 50.3 Å². The Kier molecular flexibility index (Phi) is 7.86. The fourth-order valence-electron chi connectivity index (χ4n) is 4.11.